The van der Waals surface area contributed by atoms with Crippen molar-refractivity contribution in [1.29, 1.82) is 0 Å². The quantitative estimate of drug-likeness (QED) is 0.859. The Morgan fingerprint density at radius 3 is 2.25 bits per heavy atom. The molecule has 1 rings (SSSR count). The molecule has 0 aliphatic carbocycles. The smallest absolute Gasteiger partial charge is 0.232 e. The highest BCUT2D eigenvalue weighted by Crippen LogP contribution is 2.31. The SMILES string of the molecule is CCC(C)(C)c1nc(C(N)C(C)(C)C)no1. The molecule has 92 valence electrons. The van der Waals surface area contributed by atoms with E-state index in [0.717, 1.165) is 6.42 Å². The zero-order valence-corrected chi connectivity index (χ0v) is 11.2. The van der Waals surface area contributed by atoms with Crippen molar-refractivity contribution in [3.63, 3.8) is 0 Å². The maximum absolute atomic E-state index is 6.09. The molecule has 0 aromatic carbocycles. The molecule has 4 heteroatoms. The summed E-state index contributed by atoms with van der Waals surface area (Å²) in [5.41, 5.74) is 5.95. The van der Waals surface area contributed by atoms with Gasteiger partial charge in [0.25, 0.3) is 0 Å². The summed E-state index contributed by atoms with van der Waals surface area (Å²) in [5.74, 6) is 1.27. The summed E-state index contributed by atoms with van der Waals surface area (Å²) in [6, 6.07) is -0.197. The molecule has 0 spiro atoms. The molecular weight excluding hydrogens is 202 g/mol. The monoisotopic (exact) mass is 225 g/mol. The van der Waals surface area contributed by atoms with Crippen molar-refractivity contribution in [3.05, 3.63) is 11.7 Å². The average Bonchev–Trinajstić information content (AvgIpc) is 2.64. The van der Waals surface area contributed by atoms with Gasteiger partial charge in [-0.2, -0.15) is 4.98 Å². The van der Waals surface area contributed by atoms with Gasteiger partial charge in [0.15, 0.2) is 5.82 Å². The normalized spacial score (nSPS) is 15.2. The Hall–Kier alpha value is -0.900. The van der Waals surface area contributed by atoms with Gasteiger partial charge in [-0.3, -0.25) is 0 Å². The third kappa shape index (κ3) is 2.61. The van der Waals surface area contributed by atoms with Crippen LogP contribution in [0.25, 0.3) is 0 Å². The zero-order valence-electron chi connectivity index (χ0n) is 11.2. The van der Waals surface area contributed by atoms with Crippen LogP contribution in [0.1, 0.15) is 65.7 Å². The second-order valence-corrected chi connectivity index (χ2v) is 6.04. The number of hydrogen-bond acceptors (Lipinski definition) is 4. The fraction of sp³-hybridized carbons (Fsp3) is 0.833. The first kappa shape index (κ1) is 13.2. The van der Waals surface area contributed by atoms with Crippen molar-refractivity contribution in [3.8, 4) is 0 Å². The van der Waals surface area contributed by atoms with Gasteiger partial charge in [-0.1, -0.05) is 46.7 Å². The number of nitrogens with two attached hydrogens (primary N) is 1. The first-order chi connectivity index (χ1) is 7.18. The molecule has 0 fully saturated rings. The Kier molecular flexibility index (Phi) is 3.43. The van der Waals surface area contributed by atoms with Gasteiger partial charge in [0.05, 0.1) is 6.04 Å². The molecule has 1 aromatic heterocycles. The summed E-state index contributed by atoms with van der Waals surface area (Å²) in [5, 5.41) is 3.99. The first-order valence-electron chi connectivity index (χ1n) is 5.78. The largest absolute Gasteiger partial charge is 0.339 e. The van der Waals surface area contributed by atoms with Gasteiger partial charge in [0.1, 0.15) is 0 Å². The van der Waals surface area contributed by atoms with Crippen LogP contribution in [0, 0.1) is 5.41 Å². The molecule has 2 N–H and O–H groups in total. The molecule has 16 heavy (non-hydrogen) atoms. The molecular formula is C12H23N3O. The zero-order chi connectivity index (χ0) is 12.6. The molecule has 1 unspecified atom stereocenters. The lowest BCUT2D eigenvalue weighted by Gasteiger charge is -2.23. The minimum atomic E-state index is -0.197. The van der Waals surface area contributed by atoms with E-state index in [-0.39, 0.29) is 16.9 Å². The number of nitrogens with zero attached hydrogens (tertiary/aromatic N) is 2. The molecule has 1 aromatic rings. The summed E-state index contributed by atoms with van der Waals surface area (Å²) < 4.78 is 5.30. The predicted molar refractivity (Wildman–Crippen MR) is 64.0 cm³/mol. The van der Waals surface area contributed by atoms with Gasteiger partial charge < -0.3 is 10.3 Å². The van der Waals surface area contributed by atoms with Crippen LogP contribution in [0.3, 0.4) is 0 Å². The topological polar surface area (TPSA) is 64.9 Å². The molecule has 0 bridgehead atoms. The second-order valence-electron chi connectivity index (χ2n) is 6.04. The third-order valence-corrected chi connectivity index (χ3v) is 3.12. The number of hydrogen-bond donors (Lipinski definition) is 1. The van der Waals surface area contributed by atoms with Gasteiger partial charge in [0.2, 0.25) is 5.89 Å². The van der Waals surface area contributed by atoms with E-state index in [1.165, 1.54) is 0 Å². The van der Waals surface area contributed by atoms with Gasteiger partial charge in [-0.05, 0) is 11.8 Å². The molecule has 4 nitrogen and oxygen atoms in total. The summed E-state index contributed by atoms with van der Waals surface area (Å²) in [6.45, 7) is 12.5. The van der Waals surface area contributed by atoms with Crippen LogP contribution in [0.15, 0.2) is 4.52 Å². The van der Waals surface area contributed by atoms with Crippen molar-refractivity contribution in [2.75, 3.05) is 0 Å². The van der Waals surface area contributed by atoms with E-state index in [1.54, 1.807) is 0 Å². The van der Waals surface area contributed by atoms with E-state index in [1.807, 2.05) is 0 Å². The fourth-order valence-corrected chi connectivity index (χ4v) is 1.17. The summed E-state index contributed by atoms with van der Waals surface area (Å²) in [6.07, 6.45) is 0.958. The summed E-state index contributed by atoms with van der Waals surface area (Å²) in [4.78, 5) is 4.42. The minimum Gasteiger partial charge on any atom is -0.339 e. The van der Waals surface area contributed by atoms with Crippen LogP contribution < -0.4 is 5.73 Å². The Bertz CT molecular complexity index is 349. The maximum atomic E-state index is 6.09. The van der Waals surface area contributed by atoms with Gasteiger partial charge in [-0.15, -0.1) is 0 Å². The molecule has 0 saturated heterocycles. The van der Waals surface area contributed by atoms with Crippen molar-refractivity contribution in [2.24, 2.45) is 11.1 Å². The van der Waals surface area contributed by atoms with E-state index in [2.05, 4.69) is 51.7 Å². The minimum absolute atomic E-state index is 0.0580. The Balaban J connectivity index is 2.96. The molecule has 0 saturated carbocycles. The summed E-state index contributed by atoms with van der Waals surface area (Å²) in [7, 11) is 0. The number of aromatic nitrogens is 2. The van der Waals surface area contributed by atoms with Gasteiger partial charge in [-0.25, -0.2) is 0 Å². The lowest BCUT2D eigenvalue weighted by molar-refractivity contribution is 0.284. The van der Waals surface area contributed by atoms with Crippen LogP contribution in [0.4, 0.5) is 0 Å². The van der Waals surface area contributed by atoms with Gasteiger partial charge in [0, 0.05) is 5.41 Å². The second kappa shape index (κ2) is 4.17. The maximum Gasteiger partial charge on any atom is 0.232 e. The molecule has 1 atom stereocenters. The standard InChI is InChI=1S/C12H23N3O/c1-7-12(5,6)10-14-9(15-16-10)8(13)11(2,3)4/h8H,7,13H2,1-6H3. The average molecular weight is 225 g/mol. The van der Waals surface area contributed by atoms with Crippen LogP contribution >= 0.6 is 0 Å². The first-order valence-corrected chi connectivity index (χ1v) is 5.78. The van der Waals surface area contributed by atoms with Crippen LogP contribution in [-0.2, 0) is 5.41 Å². The van der Waals surface area contributed by atoms with Crippen LogP contribution in [0.2, 0.25) is 0 Å². The Morgan fingerprint density at radius 1 is 1.25 bits per heavy atom. The van der Waals surface area contributed by atoms with Crippen LogP contribution in [-0.4, -0.2) is 10.1 Å². The lowest BCUT2D eigenvalue weighted by atomic mass is 9.87. The molecule has 0 amide bonds. The number of rotatable bonds is 3. The van der Waals surface area contributed by atoms with E-state index in [9.17, 15) is 0 Å². The van der Waals surface area contributed by atoms with E-state index in [4.69, 9.17) is 10.3 Å². The van der Waals surface area contributed by atoms with E-state index in [0.29, 0.717) is 11.7 Å². The van der Waals surface area contributed by atoms with Crippen molar-refractivity contribution in [2.45, 2.75) is 59.4 Å². The molecule has 0 radical (unpaired) electrons. The van der Waals surface area contributed by atoms with E-state index >= 15 is 0 Å². The van der Waals surface area contributed by atoms with Crippen molar-refractivity contribution in [1.82, 2.24) is 10.1 Å². The third-order valence-electron chi connectivity index (χ3n) is 3.12. The lowest BCUT2D eigenvalue weighted by Crippen LogP contribution is -2.27. The van der Waals surface area contributed by atoms with Gasteiger partial charge >= 0.3 is 0 Å². The summed E-state index contributed by atoms with van der Waals surface area (Å²) >= 11 is 0. The fourth-order valence-electron chi connectivity index (χ4n) is 1.17. The predicted octanol–water partition coefficient (Wildman–Crippen LogP) is 2.80. The van der Waals surface area contributed by atoms with Crippen LogP contribution in [0.5, 0.6) is 0 Å². The van der Waals surface area contributed by atoms with Crippen molar-refractivity contribution < 1.29 is 4.52 Å². The highest BCUT2D eigenvalue weighted by atomic mass is 16.5. The Labute approximate surface area is 97.6 Å². The van der Waals surface area contributed by atoms with E-state index < -0.39 is 0 Å². The Morgan fingerprint density at radius 2 is 1.81 bits per heavy atom. The highest BCUT2D eigenvalue weighted by molar-refractivity contribution is 5.04. The molecule has 0 aliphatic heterocycles. The molecule has 1 heterocycles. The van der Waals surface area contributed by atoms with Crippen molar-refractivity contribution >= 4 is 0 Å². The highest BCUT2D eigenvalue weighted by Gasteiger charge is 2.30. The molecule has 0 aliphatic rings.